The lowest BCUT2D eigenvalue weighted by Gasteiger charge is -2.39. The van der Waals surface area contributed by atoms with Crippen LogP contribution < -0.4 is 0 Å². The van der Waals surface area contributed by atoms with Gasteiger partial charge in [0.1, 0.15) is 5.71 Å². The fourth-order valence-corrected chi connectivity index (χ4v) is 3.53. The smallest absolute Gasteiger partial charge is 0.268 e. The molecule has 2 aromatic rings. The topological polar surface area (TPSA) is 49.7 Å². The number of hydrogen-bond donors (Lipinski definition) is 0. The molecule has 2 aliphatic rings. The molecule has 0 saturated carbocycles. The molecule has 0 radical (unpaired) electrons. The molecule has 0 saturated heterocycles. The quantitative estimate of drug-likeness (QED) is 0.817. The Morgan fingerprint density at radius 3 is 2.67 bits per heavy atom. The van der Waals surface area contributed by atoms with E-state index in [9.17, 15) is 9.59 Å². The number of carbonyl (C=O) groups is 2. The third kappa shape index (κ3) is 2.54. The predicted octanol–water partition coefficient (Wildman–Crippen LogP) is 2.84. The van der Waals surface area contributed by atoms with Crippen molar-refractivity contribution < 1.29 is 9.59 Å². The summed E-state index contributed by atoms with van der Waals surface area (Å²) in [6.45, 7) is 1.24. The van der Waals surface area contributed by atoms with Crippen LogP contribution in [-0.4, -0.2) is 35.4 Å². The number of nitrogens with zero attached hydrogens (tertiary/aromatic N) is 2. The third-order valence-corrected chi connectivity index (χ3v) is 4.80. The summed E-state index contributed by atoms with van der Waals surface area (Å²) in [5.41, 5.74) is 3.50. The summed E-state index contributed by atoms with van der Waals surface area (Å²) >= 11 is 0. The zero-order valence-corrected chi connectivity index (χ0v) is 13.3. The van der Waals surface area contributed by atoms with Crippen LogP contribution in [0.3, 0.4) is 0 Å². The first-order valence-electron chi connectivity index (χ1n) is 8.24. The van der Waals surface area contributed by atoms with E-state index < -0.39 is 0 Å². The van der Waals surface area contributed by atoms with Gasteiger partial charge in [-0.05, 0) is 17.5 Å². The van der Waals surface area contributed by atoms with Crippen molar-refractivity contribution in [2.45, 2.75) is 18.9 Å². The third-order valence-electron chi connectivity index (χ3n) is 4.80. The van der Waals surface area contributed by atoms with Crippen LogP contribution in [0.1, 0.15) is 33.9 Å². The monoisotopic (exact) mass is 318 g/mol. The maximum atomic E-state index is 12.8. The molecule has 1 amide bonds. The van der Waals surface area contributed by atoms with E-state index in [0.29, 0.717) is 24.4 Å². The van der Waals surface area contributed by atoms with Crippen molar-refractivity contribution in [3.05, 3.63) is 71.3 Å². The number of aliphatic imine (C=N–C) groups is 1. The predicted molar refractivity (Wildman–Crippen MR) is 92.3 cm³/mol. The number of rotatable bonds is 3. The van der Waals surface area contributed by atoms with Crippen molar-refractivity contribution in [3.8, 4) is 0 Å². The van der Waals surface area contributed by atoms with E-state index >= 15 is 0 Å². The van der Waals surface area contributed by atoms with E-state index in [0.717, 1.165) is 6.42 Å². The second-order valence-electron chi connectivity index (χ2n) is 6.22. The fraction of sp³-hybridized carbons (Fsp3) is 0.250. The minimum atomic E-state index is -0.0926. The van der Waals surface area contributed by atoms with E-state index in [-0.39, 0.29) is 24.2 Å². The van der Waals surface area contributed by atoms with Crippen LogP contribution in [0.2, 0.25) is 0 Å². The zero-order valence-electron chi connectivity index (χ0n) is 13.3. The normalized spacial score (nSPS) is 19.3. The van der Waals surface area contributed by atoms with Crippen molar-refractivity contribution in [1.82, 2.24) is 4.90 Å². The number of fused-ring (bicyclic) bond motifs is 3. The number of amides is 1. The summed E-state index contributed by atoms with van der Waals surface area (Å²) in [4.78, 5) is 31.5. The highest BCUT2D eigenvalue weighted by Gasteiger charge is 2.36. The summed E-state index contributed by atoms with van der Waals surface area (Å²) in [5, 5.41) is 0. The van der Waals surface area contributed by atoms with Crippen molar-refractivity contribution in [1.29, 1.82) is 0 Å². The lowest BCUT2D eigenvalue weighted by Crippen LogP contribution is -2.48. The number of benzene rings is 2. The largest absolute Gasteiger partial charge is 0.328 e. The molecule has 0 spiro atoms. The number of hydrogen-bond acceptors (Lipinski definition) is 3. The number of ketones is 1. The Kier molecular flexibility index (Phi) is 3.73. The van der Waals surface area contributed by atoms with E-state index in [1.165, 1.54) is 11.1 Å². The summed E-state index contributed by atoms with van der Waals surface area (Å²) in [6, 6.07) is 17.3. The molecular formula is C20H18N2O2. The summed E-state index contributed by atoms with van der Waals surface area (Å²) in [7, 11) is 0. The molecule has 4 nitrogen and oxygen atoms in total. The van der Waals surface area contributed by atoms with E-state index in [2.05, 4.69) is 17.1 Å². The van der Waals surface area contributed by atoms with Crippen molar-refractivity contribution in [2.75, 3.05) is 13.1 Å². The van der Waals surface area contributed by atoms with Gasteiger partial charge in [0.25, 0.3) is 5.91 Å². The molecule has 0 aromatic heterocycles. The highest BCUT2D eigenvalue weighted by molar-refractivity contribution is 6.43. The van der Waals surface area contributed by atoms with Crippen LogP contribution in [0, 0.1) is 0 Å². The van der Waals surface area contributed by atoms with Gasteiger partial charge in [-0.15, -0.1) is 0 Å². The minimum Gasteiger partial charge on any atom is -0.328 e. The first kappa shape index (κ1) is 14.8. The molecule has 2 aromatic carbocycles. The molecule has 24 heavy (non-hydrogen) atoms. The van der Waals surface area contributed by atoms with Gasteiger partial charge in [0, 0.05) is 12.1 Å². The van der Waals surface area contributed by atoms with Gasteiger partial charge in [0.15, 0.2) is 5.78 Å². The van der Waals surface area contributed by atoms with Crippen molar-refractivity contribution in [3.63, 3.8) is 0 Å². The molecule has 1 unspecified atom stereocenters. The maximum Gasteiger partial charge on any atom is 0.268 e. The van der Waals surface area contributed by atoms with E-state index in [1.54, 1.807) is 12.1 Å². The van der Waals surface area contributed by atoms with Crippen molar-refractivity contribution >= 4 is 17.4 Å². The molecule has 0 fully saturated rings. The van der Waals surface area contributed by atoms with Gasteiger partial charge in [-0.2, -0.15) is 0 Å². The number of Topliss-reactive ketones (excluding diaryl/α,β-unsaturated/α-hetero) is 1. The standard InChI is InChI=1S/C20H18N2O2/c23-19(15-7-2-1-3-8-15)12-17-20(24)22-11-10-14-6-4-5-9-16(14)18(22)13-21-17/h1-9,18H,10-13H2. The van der Waals surface area contributed by atoms with Crippen molar-refractivity contribution in [2.24, 2.45) is 4.99 Å². The van der Waals surface area contributed by atoms with E-state index in [1.807, 2.05) is 35.2 Å². The van der Waals surface area contributed by atoms with Gasteiger partial charge >= 0.3 is 0 Å². The lowest BCUT2D eigenvalue weighted by atomic mass is 9.90. The molecule has 2 heterocycles. The van der Waals surface area contributed by atoms with Crippen LogP contribution in [0.25, 0.3) is 0 Å². The summed E-state index contributed by atoms with van der Waals surface area (Å²) in [5.74, 6) is -0.149. The van der Waals surface area contributed by atoms with Crippen LogP contribution in [0.5, 0.6) is 0 Å². The Morgan fingerprint density at radius 2 is 1.83 bits per heavy atom. The molecule has 0 bridgehead atoms. The Morgan fingerprint density at radius 1 is 1.08 bits per heavy atom. The van der Waals surface area contributed by atoms with Crippen LogP contribution in [0.4, 0.5) is 0 Å². The Hall–Kier alpha value is -2.75. The van der Waals surface area contributed by atoms with Gasteiger partial charge in [-0.1, -0.05) is 54.6 Å². The number of carbonyl (C=O) groups excluding carboxylic acids is 2. The molecular weight excluding hydrogens is 300 g/mol. The first-order chi connectivity index (χ1) is 11.7. The average molecular weight is 318 g/mol. The van der Waals surface area contributed by atoms with Gasteiger partial charge in [0.2, 0.25) is 0 Å². The van der Waals surface area contributed by atoms with Gasteiger partial charge in [-0.25, -0.2) is 0 Å². The Labute approximate surface area is 140 Å². The summed E-state index contributed by atoms with van der Waals surface area (Å²) < 4.78 is 0. The van der Waals surface area contributed by atoms with Crippen LogP contribution in [0.15, 0.2) is 59.6 Å². The molecule has 2 aliphatic heterocycles. The lowest BCUT2D eigenvalue weighted by molar-refractivity contribution is -0.127. The molecule has 4 rings (SSSR count). The fourth-order valence-electron chi connectivity index (χ4n) is 3.53. The maximum absolute atomic E-state index is 12.8. The second-order valence-corrected chi connectivity index (χ2v) is 6.22. The Balaban J connectivity index is 1.57. The zero-order chi connectivity index (χ0) is 16.5. The molecule has 4 heteroatoms. The highest BCUT2D eigenvalue weighted by atomic mass is 16.2. The van der Waals surface area contributed by atoms with Crippen LogP contribution in [-0.2, 0) is 11.2 Å². The Bertz CT molecular complexity index is 827. The SMILES string of the molecule is O=C(CC1=NCC2c3ccccc3CCN2C1=O)c1ccccc1. The highest BCUT2D eigenvalue weighted by Crippen LogP contribution is 2.32. The second kappa shape index (κ2) is 6.04. The van der Waals surface area contributed by atoms with E-state index in [4.69, 9.17) is 0 Å². The molecule has 0 N–H and O–H groups in total. The molecule has 1 atom stereocenters. The van der Waals surface area contributed by atoms with Gasteiger partial charge in [0.05, 0.1) is 19.0 Å². The minimum absolute atomic E-state index is 0.0121. The summed E-state index contributed by atoms with van der Waals surface area (Å²) in [6.07, 6.45) is 0.937. The molecule has 0 aliphatic carbocycles. The molecule has 120 valence electrons. The first-order valence-corrected chi connectivity index (χ1v) is 8.24. The average Bonchev–Trinajstić information content (AvgIpc) is 2.64. The van der Waals surface area contributed by atoms with Crippen LogP contribution >= 0.6 is 0 Å². The van der Waals surface area contributed by atoms with Gasteiger partial charge in [-0.3, -0.25) is 14.6 Å². The van der Waals surface area contributed by atoms with Gasteiger partial charge < -0.3 is 4.90 Å².